The van der Waals surface area contributed by atoms with E-state index in [-0.39, 0.29) is 5.91 Å². The van der Waals surface area contributed by atoms with Crippen LogP contribution >= 0.6 is 11.6 Å². The smallest absolute Gasteiger partial charge is 0.259 e. The Morgan fingerprint density at radius 2 is 1.61 bits per heavy atom. The first-order valence-corrected chi connectivity index (χ1v) is 11.5. The van der Waals surface area contributed by atoms with Gasteiger partial charge in [-0.3, -0.25) is 4.79 Å². The summed E-state index contributed by atoms with van der Waals surface area (Å²) in [5.74, 6) is 0.780. The van der Waals surface area contributed by atoms with Gasteiger partial charge >= 0.3 is 0 Å². The highest BCUT2D eigenvalue weighted by molar-refractivity contribution is 6.30. The van der Waals surface area contributed by atoms with Gasteiger partial charge in [0.2, 0.25) is 0 Å². The highest BCUT2D eigenvalue weighted by Gasteiger charge is 2.30. The first-order valence-electron chi connectivity index (χ1n) is 11.1. The van der Waals surface area contributed by atoms with Crippen molar-refractivity contribution in [1.29, 1.82) is 0 Å². The Labute approximate surface area is 198 Å². The zero-order valence-corrected chi connectivity index (χ0v) is 19.5. The third-order valence-corrected chi connectivity index (χ3v) is 6.41. The van der Waals surface area contributed by atoms with Crippen molar-refractivity contribution in [2.24, 2.45) is 0 Å². The molecule has 0 radical (unpaired) electrons. The van der Waals surface area contributed by atoms with E-state index < -0.39 is 0 Å². The van der Waals surface area contributed by atoms with Crippen LogP contribution < -0.4 is 4.90 Å². The lowest BCUT2D eigenvalue weighted by atomic mass is 10.1. The molecule has 1 aliphatic rings. The molecule has 1 aliphatic heterocycles. The van der Waals surface area contributed by atoms with Crippen molar-refractivity contribution in [2.75, 3.05) is 31.1 Å². The van der Waals surface area contributed by atoms with Crippen LogP contribution in [0.15, 0.2) is 73.1 Å². The third kappa shape index (κ3) is 4.02. The van der Waals surface area contributed by atoms with Gasteiger partial charge in [0.1, 0.15) is 5.56 Å². The molecule has 7 heteroatoms. The summed E-state index contributed by atoms with van der Waals surface area (Å²) in [6.45, 7) is 6.81. The molecular formula is C26H26ClN5O. The zero-order valence-electron chi connectivity index (χ0n) is 18.8. The first kappa shape index (κ1) is 21.3. The van der Waals surface area contributed by atoms with E-state index in [0.29, 0.717) is 18.7 Å². The molecule has 0 atom stereocenters. The van der Waals surface area contributed by atoms with Crippen molar-refractivity contribution >= 4 is 23.2 Å². The second-order valence-electron chi connectivity index (χ2n) is 8.33. The van der Waals surface area contributed by atoms with E-state index in [9.17, 15) is 4.79 Å². The lowest BCUT2D eigenvalue weighted by molar-refractivity contribution is 0.0746. The summed E-state index contributed by atoms with van der Waals surface area (Å²) < 4.78 is 3.82. The van der Waals surface area contributed by atoms with E-state index >= 15 is 0 Å². The van der Waals surface area contributed by atoms with E-state index in [1.54, 1.807) is 0 Å². The van der Waals surface area contributed by atoms with E-state index in [4.69, 9.17) is 16.7 Å². The van der Waals surface area contributed by atoms with Gasteiger partial charge in [0.15, 0.2) is 5.82 Å². The Kier molecular flexibility index (Phi) is 5.68. The highest BCUT2D eigenvalue weighted by Crippen LogP contribution is 2.28. The number of hydrogen-bond donors (Lipinski definition) is 0. The monoisotopic (exact) mass is 459 g/mol. The third-order valence-electron chi connectivity index (χ3n) is 6.18. The maximum Gasteiger partial charge on any atom is 0.259 e. The van der Waals surface area contributed by atoms with Crippen molar-refractivity contribution in [3.8, 4) is 11.5 Å². The molecule has 3 heterocycles. The summed E-state index contributed by atoms with van der Waals surface area (Å²) >= 11 is 6.23. The molecule has 0 N–H and O–H groups in total. The number of nitrogens with zero attached hydrogens (tertiary/aromatic N) is 5. The molecule has 1 fully saturated rings. The van der Waals surface area contributed by atoms with Crippen LogP contribution in [0, 0.1) is 13.8 Å². The number of rotatable bonds is 4. The molecule has 33 heavy (non-hydrogen) atoms. The quantitative estimate of drug-likeness (QED) is 0.436. The van der Waals surface area contributed by atoms with Crippen LogP contribution in [0.1, 0.15) is 21.6 Å². The zero-order chi connectivity index (χ0) is 22.9. The van der Waals surface area contributed by atoms with Crippen molar-refractivity contribution in [3.63, 3.8) is 0 Å². The Balaban J connectivity index is 1.45. The lowest BCUT2D eigenvalue weighted by Crippen LogP contribution is -2.49. The SMILES string of the molecule is Cc1ccc(Cl)cc1N1CCN(C(=O)c2c(C)nn(-c3ccccc3)c2-n2cccc2)CC1. The molecular weight excluding hydrogens is 434 g/mol. The normalized spacial score (nSPS) is 14.0. The summed E-state index contributed by atoms with van der Waals surface area (Å²) in [5.41, 5.74) is 4.61. The number of halogens is 1. The molecule has 168 valence electrons. The van der Waals surface area contributed by atoms with E-state index in [1.165, 1.54) is 5.56 Å². The maximum atomic E-state index is 13.8. The van der Waals surface area contributed by atoms with Crippen molar-refractivity contribution in [2.45, 2.75) is 13.8 Å². The fourth-order valence-electron chi connectivity index (χ4n) is 4.46. The molecule has 1 amide bonds. The Morgan fingerprint density at radius 3 is 2.30 bits per heavy atom. The second kappa shape index (κ2) is 8.79. The van der Waals surface area contributed by atoms with Crippen LogP contribution in [0.4, 0.5) is 5.69 Å². The molecule has 6 nitrogen and oxygen atoms in total. The fraction of sp³-hybridized carbons (Fsp3) is 0.231. The number of benzene rings is 2. The van der Waals surface area contributed by atoms with Gasteiger partial charge in [-0.05, 0) is 55.8 Å². The Bertz CT molecular complexity index is 1270. The van der Waals surface area contributed by atoms with Gasteiger partial charge in [0, 0.05) is 49.3 Å². The minimum atomic E-state index is 0.0147. The van der Waals surface area contributed by atoms with Crippen LogP contribution in [0.5, 0.6) is 0 Å². The fourth-order valence-corrected chi connectivity index (χ4v) is 4.63. The molecule has 1 saturated heterocycles. The maximum absolute atomic E-state index is 13.8. The molecule has 4 aromatic rings. The van der Waals surface area contributed by atoms with Gasteiger partial charge in [-0.15, -0.1) is 0 Å². The first-order chi connectivity index (χ1) is 16.0. The summed E-state index contributed by atoms with van der Waals surface area (Å²) in [4.78, 5) is 18.0. The molecule has 0 saturated carbocycles. The number of aromatic nitrogens is 3. The van der Waals surface area contributed by atoms with Gasteiger partial charge in [-0.25, -0.2) is 4.68 Å². The molecule has 0 aliphatic carbocycles. The van der Waals surface area contributed by atoms with Gasteiger partial charge in [0.05, 0.1) is 11.4 Å². The summed E-state index contributed by atoms with van der Waals surface area (Å²) in [5, 5.41) is 5.49. The predicted molar refractivity (Wildman–Crippen MR) is 132 cm³/mol. The predicted octanol–water partition coefficient (Wildman–Crippen LogP) is 4.90. The minimum absolute atomic E-state index is 0.0147. The largest absolute Gasteiger partial charge is 0.368 e. The van der Waals surface area contributed by atoms with E-state index in [0.717, 1.165) is 41.0 Å². The molecule has 0 spiro atoms. The van der Waals surface area contributed by atoms with Crippen LogP contribution in [-0.4, -0.2) is 51.3 Å². The minimum Gasteiger partial charge on any atom is -0.368 e. The number of carbonyl (C=O) groups excluding carboxylic acids is 1. The molecule has 2 aromatic heterocycles. The number of para-hydroxylation sites is 1. The summed E-state index contributed by atoms with van der Waals surface area (Å²) in [6, 6.07) is 19.8. The number of hydrogen-bond acceptors (Lipinski definition) is 3. The average Bonchev–Trinajstić information content (AvgIpc) is 3.48. The van der Waals surface area contributed by atoms with Gasteiger partial charge in [0.25, 0.3) is 5.91 Å². The Morgan fingerprint density at radius 1 is 0.909 bits per heavy atom. The van der Waals surface area contributed by atoms with Crippen LogP contribution in [-0.2, 0) is 0 Å². The number of anilines is 1. The van der Waals surface area contributed by atoms with E-state index in [1.807, 2.05) is 94.1 Å². The molecule has 0 bridgehead atoms. The van der Waals surface area contributed by atoms with Gasteiger partial charge in [-0.1, -0.05) is 35.9 Å². The molecule has 0 unspecified atom stereocenters. The average molecular weight is 460 g/mol. The molecule has 5 rings (SSSR count). The highest BCUT2D eigenvalue weighted by atomic mass is 35.5. The molecule has 2 aromatic carbocycles. The van der Waals surface area contributed by atoms with Crippen molar-refractivity contribution in [1.82, 2.24) is 19.2 Å². The topological polar surface area (TPSA) is 46.3 Å². The number of amides is 1. The van der Waals surface area contributed by atoms with E-state index in [2.05, 4.69) is 11.8 Å². The van der Waals surface area contributed by atoms with Gasteiger partial charge in [-0.2, -0.15) is 5.10 Å². The lowest BCUT2D eigenvalue weighted by Gasteiger charge is -2.37. The van der Waals surface area contributed by atoms with Crippen molar-refractivity contribution < 1.29 is 4.79 Å². The Hall–Kier alpha value is -3.51. The van der Waals surface area contributed by atoms with Crippen LogP contribution in [0.3, 0.4) is 0 Å². The standard InChI is InChI=1S/C26H26ClN5O/c1-19-10-11-21(27)18-23(19)29-14-16-31(17-15-29)26(33)24-20(2)28-32(22-8-4-3-5-9-22)25(24)30-12-6-7-13-30/h3-13,18H,14-17H2,1-2H3. The second-order valence-corrected chi connectivity index (χ2v) is 8.77. The number of carbonyl (C=O) groups is 1. The summed E-state index contributed by atoms with van der Waals surface area (Å²) in [6.07, 6.45) is 3.90. The van der Waals surface area contributed by atoms with Gasteiger partial charge < -0.3 is 14.4 Å². The van der Waals surface area contributed by atoms with Crippen molar-refractivity contribution in [3.05, 3.63) is 94.9 Å². The number of piperazine rings is 1. The summed E-state index contributed by atoms with van der Waals surface area (Å²) in [7, 11) is 0. The van der Waals surface area contributed by atoms with Crippen LogP contribution in [0.25, 0.3) is 11.5 Å². The number of aryl methyl sites for hydroxylation is 2. The van der Waals surface area contributed by atoms with Crippen LogP contribution in [0.2, 0.25) is 5.02 Å².